The molecule has 106 valence electrons. The fraction of sp³-hybridized carbons (Fsp3) is 0.438. The standard InChI is InChI=1S/C16H21N3O/c1-12(13(2)19-8-3-7-18-19)17-11-14-4-5-16-15(10-14)6-9-20-16/h3-5,7-8,10,12-13,17H,6,9,11H2,1-2H3/t12-,13-/m0/s1. The molecule has 1 aromatic carbocycles. The van der Waals surface area contributed by atoms with Gasteiger partial charge < -0.3 is 10.1 Å². The second-order valence-electron chi connectivity index (χ2n) is 5.44. The molecule has 0 saturated carbocycles. The number of hydrogen-bond donors (Lipinski definition) is 1. The van der Waals surface area contributed by atoms with Crippen molar-refractivity contribution in [1.82, 2.24) is 15.1 Å². The van der Waals surface area contributed by atoms with Crippen molar-refractivity contribution in [3.63, 3.8) is 0 Å². The second-order valence-corrected chi connectivity index (χ2v) is 5.44. The van der Waals surface area contributed by atoms with Gasteiger partial charge in [-0.2, -0.15) is 5.10 Å². The Morgan fingerprint density at radius 1 is 1.40 bits per heavy atom. The van der Waals surface area contributed by atoms with Crippen LogP contribution in [0, 0.1) is 0 Å². The van der Waals surface area contributed by atoms with Crippen molar-refractivity contribution in [3.05, 3.63) is 47.8 Å². The van der Waals surface area contributed by atoms with Crippen molar-refractivity contribution in [2.45, 2.75) is 38.9 Å². The van der Waals surface area contributed by atoms with E-state index in [4.69, 9.17) is 4.74 Å². The molecule has 0 aliphatic carbocycles. The van der Waals surface area contributed by atoms with Gasteiger partial charge in [-0.05, 0) is 37.1 Å². The molecule has 20 heavy (non-hydrogen) atoms. The van der Waals surface area contributed by atoms with E-state index < -0.39 is 0 Å². The predicted octanol–water partition coefficient (Wildman–Crippen LogP) is 2.56. The maximum Gasteiger partial charge on any atom is 0.122 e. The number of rotatable bonds is 5. The summed E-state index contributed by atoms with van der Waals surface area (Å²) in [5, 5.41) is 7.88. The first-order valence-electron chi connectivity index (χ1n) is 7.21. The van der Waals surface area contributed by atoms with Gasteiger partial charge >= 0.3 is 0 Å². The average Bonchev–Trinajstić information content (AvgIpc) is 3.13. The topological polar surface area (TPSA) is 39.1 Å². The number of ether oxygens (including phenoxy) is 1. The lowest BCUT2D eigenvalue weighted by molar-refractivity contribution is 0.356. The van der Waals surface area contributed by atoms with Gasteiger partial charge in [-0.15, -0.1) is 0 Å². The van der Waals surface area contributed by atoms with Gasteiger partial charge in [0.15, 0.2) is 0 Å². The molecule has 4 nitrogen and oxygen atoms in total. The molecular weight excluding hydrogens is 250 g/mol. The monoisotopic (exact) mass is 271 g/mol. The first-order chi connectivity index (χ1) is 9.74. The van der Waals surface area contributed by atoms with Gasteiger partial charge in [0.05, 0.1) is 12.6 Å². The summed E-state index contributed by atoms with van der Waals surface area (Å²) in [6, 6.07) is 9.13. The van der Waals surface area contributed by atoms with E-state index in [0.29, 0.717) is 12.1 Å². The predicted molar refractivity (Wildman–Crippen MR) is 78.9 cm³/mol. The summed E-state index contributed by atoms with van der Waals surface area (Å²) >= 11 is 0. The van der Waals surface area contributed by atoms with Crippen LogP contribution in [0.3, 0.4) is 0 Å². The van der Waals surface area contributed by atoms with Gasteiger partial charge in [0.25, 0.3) is 0 Å². The van der Waals surface area contributed by atoms with Crippen LogP contribution in [-0.2, 0) is 13.0 Å². The number of aromatic nitrogens is 2. The van der Waals surface area contributed by atoms with Crippen LogP contribution in [0.25, 0.3) is 0 Å². The zero-order valence-corrected chi connectivity index (χ0v) is 12.0. The molecule has 3 rings (SSSR count). The molecular formula is C16H21N3O. The van der Waals surface area contributed by atoms with E-state index in [1.807, 2.05) is 23.1 Å². The summed E-state index contributed by atoms with van der Waals surface area (Å²) in [4.78, 5) is 0. The summed E-state index contributed by atoms with van der Waals surface area (Å²) < 4.78 is 7.53. The lowest BCUT2D eigenvalue weighted by Crippen LogP contribution is -2.33. The molecule has 0 saturated heterocycles. The minimum absolute atomic E-state index is 0.336. The van der Waals surface area contributed by atoms with E-state index in [9.17, 15) is 0 Å². The third-order valence-corrected chi connectivity index (χ3v) is 4.05. The summed E-state index contributed by atoms with van der Waals surface area (Å²) in [6.07, 6.45) is 4.86. The van der Waals surface area contributed by atoms with Crippen molar-refractivity contribution < 1.29 is 4.74 Å². The number of benzene rings is 1. The molecule has 1 aliphatic heterocycles. The van der Waals surface area contributed by atoms with Crippen molar-refractivity contribution in [1.29, 1.82) is 0 Å². The third kappa shape index (κ3) is 2.70. The Balaban J connectivity index is 1.59. The highest BCUT2D eigenvalue weighted by molar-refractivity contribution is 5.39. The minimum atomic E-state index is 0.336. The summed E-state index contributed by atoms with van der Waals surface area (Å²) in [5.41, 5.74) is 2.64. The second kappa shape index (κ2) is 5.67. The zero-order chi connectivity index (χ0) is 13.9. The molecule has 0 spiro atoms. The molecule has 0 bridgehead atoms. The van der Waals surface area contributed by atoms with Gasteiger partial charge in [0.2, 0.25) is 0 Å². The van der Waals surface area contributed by atoms with Crippen LogP contribution in [0.5, 0.6) is 5.75 Å². The smallest absolute Gasteiger partial charge is 0.122 e. The van der Waals surface area contributed by atoms with E-state index in [0.717, 1.165) is 25.3 Å². The normalized spacial score (nSPS) is 16.5. The quantitative estimate of drug-likeness (QED) is 0.908. The van der Waals surface area contributed by atoms with Crippen LogP contribution in [0.2, 0.25) is 0 Å². The Morgan fingerprint density at radius 3 is 3.10 bits per heavy atom. The van der Waals surface area contributed by atoms with Gasteiger partial charge in [0.1, 0.15) is 5.75 Å². The van der Waals surface area contributed by atoms with Gasteiger partial charge in [0, 0.05) is 31.4 Å². The van der Waals surface area contributed by atoms with E-state index in [1.54, 1.807) is 0 Å². The van der Waals surface area contributed by atoms with Gasteiger partial charge in [-0.25, -0.2) is 0 Å². The van der Waals surface area contributed by atoms with Crippen LogP contribution in [0.4, 0.5) is 0 Å². The van der Waals surface area contributed by atoms with E-state index in [1.165, 1.54) is 11.1 Å². The molecule has 4 heteroatoms. The van der Waals surface area contributed by atoms with Crippen LogP contribution in [0.15, 0.2) is 36.7 Å². The Hall–Kier alpha value is -1.81. The fourth-order valence-corrected chi connectivity index (χ4v) is 2.55. The van der Waals surface area contributed by atoms with Crippen molar-refractivity contribution >= 4 is 0 Å². The molecule has 2 aromatic rings. The molecule has 0 amide bonds. The van der Waals surface area contributed by atoms with Crippen LogP contribution in [-0.4, -0.2) is 22.4 Å². The number of nitrogens with one attached hydrogen (secondary N) is 1. The lowest BCUT2D eigenvalue weighted by atomic mass is 10.1. The largest absolute Gasteiger partial charge is 0.493 e. The Kier molecular flexibility index (Phi) is 3.74. The van der Waals surface area contributed by atoms with Crippen LogP contribution >= 0.6 is 0 Å². The van der Waals surface area contributed by atoms with Crippen LogP contribution in [0.1, 0.15) is 31.0 Å². The Bertz CT molecular complexity index is 565. The molecule has 2 atom stereocenters. The summed E-state index contributed by atoms with van der Waals surface area (Å²) in [6.45, 7) is 6.07. The first-order valence-corrected chi connectivity index (χ1v) is 7.21. The molecule has 2 heterocycles. The number of nitrogens with zero attached hydrogens (tertiary/aromatic N) is 2. The molecule has 0 unspecified atom stereocenters. The fourth-order valence-electron chi connectivity index (χ4n) is 2.55. The molecule has 0 fully saturated rings. The number of fused-ring (bicyclic) bond motifs is 1. The highest BCUT2D eigenvalue weighted by atomic mass is 16.5. The van der Waals surface area contributed by atoms with Crippen molar-refractivity contribution in [2.24, 2.45) is 0 Å². The molecule has 1 N–H and O–H groups in total. The lowest BCUT2D eigenvalue weighted by Gasteiger charge is -2.22. The minimum Gasteiger partial charge on any atom is -0.493 e. The van der Waals surface area contributed by atoms with E-state index >= 15 is 0 Å². The zero-order valence-electron chi connectivity index (χ0n) is 12.0. The molecule has 1 aliphatic rings. The van der Waals surface area contributed by atoms with E-state index in [-0.39, 0.29) is 0 Å². The SMILES string of the molecule is C[C@H](NCc1ccc2c(c1)CCO2)[C@H](C)n1cccn1. The maximum absolute atomic E-state index is 5.53. The van der Waals surface area contributed by atoms with Crippen LogP contribution < -0.4 is 10.1 Å². The van der Waals surface area contributed by atoms with Crippen molar-refractivity contribution in [2.75, 3.05) is 6.61 Å². The highest BCUT2D eigenvalue weighted by Crippen LogP contribution is 2.25. The number of hydrogen-bond acceptors (Lipinski definition) is 3. The summed E-state index contributed by atoms with van der Waals surface area (Å²) in [5.74, 6) is 1.05. The van der Waals surface area contributed by atoms with Gasteiger partial charge in [-0.1, -0.05) is 12.1 Å². The molecule has 1 aromatic heterocycles. The summed E-state index contributed by atoms with van der Waals surface area (Å²) in [7, 11) is 0. The van der Waals surface area contributed by atoms with Crippen molar-refractivity contribution in [3.8, 4) is 5.75 Å². The molecule has 0 radical (unpaired) electrons. The first kappa shape index (κ1) is 13.2. The Morgan fingerprint density at radius 2 is 2.30 bits per heavy atom. The van der Waals surface area contributed by atoms with E-state index in [2.05, 4.69) is 42.5 Å². The highest BCUT2D eigenvalue weighted by Gasteiger charge is 2.15. The maximum atomic E-state index is 5.53. The Labute approximate surface area is 119 Å². The third-order valence-electron chi connectivity index (χ3n) is 4.05. The van der Waals surface area contributed by atoms with Gasteiger partial charge in [-0.3, -0.25) is 4.68 Å². The average molecular weight is 271 g/mol.